The third-order valence-electron chi connectivity index (χ3n) is 4.07. The summed E-state index contributed by atoms with van der Waals surface area (Å²) >= 11 is 0. The Bertz CT molecular complexity index is 1080. The number of esters is 1. The van der Waals surface area contributed by atoms with Crippen molar-refractivity contribution in [3.63, 3.8) is 0 Å². The molecule has 0 spiro atoms. The molecule has 3 aromatic heterocycles. The van der Waals surface area contributed by atoms with Crippen LogP contribution >= 0.6 is 0 Å². The number of aryl methyl sites for hydroxylation is 2. The molecule has 0 saturated carbocycles. The number of carbonyl (C=O) groups excluding carboxylic acids is 1. The van der Waals surface area contributed by atoms with Crippen LogP contribution in [0.25, 0.3) is 22.7 Å². The molecule has 0 fully saturated rings. The van der Waals surface area contributed by atoms with Gasteiger partial charge in [0.15, 0.2) is 6.61 Å². The second-order valence-electron chi connectivity index (χ2n) is 5.91. The fourth-order valence-electron chi connectivity index (χ4n) is 2.70. The lowest BCUT2D eigenvalue weighted by Gasteiger charge is -2.02. The van der Waals surface area contributed by atoms with Gasteiger partial charge in [0, 0.05) is 18.8 Å². The van der Waals surface area contributed by atoms with Gasteiger partial charge in [0.2, 0.25) is 0 Å². The van der Waals surface area contributed by atoms with Crippen LogP contribution in [-0.4, -0.2) is 25.9 Å². The van der Waals surface area contributed by atoms with Crippen LogP contribution in [0.5, 0.6) is 0 Å². The Kier molecular flexibility index (Phi) is 4.29. The van der Waals surface area contributed by atoms with Crippen LogP contribution in [0.4, 0.5) is 0 Å². The first kappa shape index (κ1) is 16.8. The number of hydrogen-bond donors (Lipinski definition) is 0. The lowest BCUT2D eigenvalue weighted by atomic mass is 10.1. The standard InChI is InChI=1S/C19H16N4O4/c1-12-16(17(22-27-12)13-7-4-3-5-8-13)18-21-20-15(26-18)11-25-19(24)14-9-6-10-23(14)2/h3-10H,11H2,1-2H3. The molecule has 0 aliphatic rings. The zero-order valence-electron chi connectivity index (χ0n) is 14.7. The maximum atomic E-state index is 12.1. The van der Waals surface area contributed by atoms with Gasteiger partial charge in [-0.25, -0.2) is 4.79 Å². The van der Waals surface area contributed by atoms with Gasteiger partial charge in [-0.15, -0.1) is 10.2 Å². The Morgan fingerprint density at radius 3 is 2.70 bits per heavy atom. The number of hydrogen-bond acceptors (Lipinski definition) is 7. The minimum atomic E-state index is -0.464. The number of ether oxygens (including phenoxy) is 1. The second kappa shape index (κ2) is 6.91. The Balaban J connectivity index is 1.55. The summed E-state index contributed by atoms with van der Waals surface area (Å²) in [6, 6.07) is 13.0. The van der Waals surface area contributed by atoms with Gasteiger partial charge >= 0.3 is 5.97 Å². The summed E-state index contributed by atoms with van der Waals surface area (Å²) in [6.45, 7) is 1.65. The molecule has 4 rings (SSSR count). The van der Waals surface area contributed by atoms with Crippen LogP contribution in [0, 0.1) is 6.92 Å². The monoisotopic (exact) mass is 364 g/mol. The van der Waals surface area contributed by atoms with Gasteiger partial charge in [-0.1, -0.05) is 35.5 Å². The summed E-state index contributed by atoms with van der Waals surface area (Å²) in [4.78, 5) is 12.1. The predicted molar refractivity (Wildman–Crippen MR) is 94.5 cm³/mol. The SMILES string of the molecule is Cc1onc(-c2ccccc2)c1-c1nnc(COC(=O)c2cccn2C)o1. The molecule has 0 radical (unpaired) electrons. The zero-order chi connectivity index (χ0) is 18.8. The molecule has 0 N–H and O–H groups in total. The maximum Gasteiger partial charge on any atom is 0.355 e. The van der Waals surface area contributed by atoms with E-state index >= 15 is 0 Å². The largest absolute Gasteiger partial charge is 0.451 e. The molecule has 0 aliphatic carbocycles. The molecule has 8 heteroatoms. The van der Waals surface area contributed by atoms with Gasteiger partial charge < -0.3 is 18.2 Å². The Hall–Kier alpha value is -3.68. The molecule has 27 heavy (non-hydrogen) atoms. The molecular formula is C19H16N4O4. The van der Waals surface area contributed by atoms with Gasteiger partial charge in [-0.05, 0) is 19.1 Å². The smallest absolute Gasteiger partial charge is 0.355 e. The summed E-state index contributed by atoms with van der Waals surface area (Å²) in [6.07, 6.45) is 1.77. The molecule has 1 aromatic carbocycles. The van der Waals surface area contributed by atoms with Crippen molar-refractivity contribution in [2.24, 2.45) is 7.05 Å². The van der Waals surface area contributed by atoms with E-state index in [4.69, 9.17) is 13.7 Å². The van der Waals surface area contributed by atoms with Crippen molar-refractivity contribution in [3.8, 4) is 22.7 Å². The first-order valence-electron chi connectivity index (χ1n) is 8.26. The molecular weight excluding hydrogens is 348 g/mol. The van der Waals surface area contributed by atoms with E-state index in [-0.39, 0.29) is 18.4 Å². The van der Waals surface area contributed by atoms with E-state index in [9.17, 15) is 4.79 Å². The fourth-order valence-corrected chi connectivity index (χ4v) is 2.70. The fraction of sp³-hybridized carbons (Fsp3) is 0.158. The number of rotatable bonds is 5. The molecule has 0 amide bonds. The summed E-state index contributed by atoms with van der Waals surface area (Å²) < 4.78 is 17.9. The highest BCUT2D eigenvalue weighted by molar-refractivity contribution is 5.87. The van der Waals surface area contributed by atoms with Crippen molar-refractivity contribution in [1.82, 2.24) is 19.9 Å². The third-order valence-corrected chi connectivity index (χ3v) is 4.07. The number of benzene rings is 1. The van der Waals surface area contributed by atoms with Gasteiger partial charge in [0.25, 0.3) is 11.8 Å². The first-order chi connectivity index (χ1) is 13.1. The Labute approximate surface area is 154 Å². The Morgan fingerprint density at radius 1 is 1.15 bits per heavy atom. The highest BCUT2D eigenvalue weighted by atomic mass is 16.5. The molecule has 3 heterocycles. The van der Waals surface area contributed by atoms with Gasteiger partial charge in [0.05, 0.1) is 0 Å². The van der Waals surface area contributed by atoms with E-state index in [1.807, 2.05) is 30.3 Å². The van der Waals surface area contributed by atoms with Crippen molar-refractivity contribution >= 4 is 5.97 Å². The zero-order valence-corrected chi connectivity index (χ0v) is 14.7. The van der Waals surface area contributed by atoms with Crippen LogP contribution in [0.3, 0.4) is 0 Å². The number of aromatic nitrogens is 4. The molecule has 0 saturated heterocycles. The van der Waals surface area contributed by atoms with E-state index in [0.717, 1.165) is 5.56 Å². The van der Waals surface area contributed by atoms with E-state index < -0.39 is 5.97 Å². The molecule has 0 bridgehead atoms. The summed E-state index contributed by atoms with van der Waals surface area (Å²) in [5, 5.41) is 12.1. The molecule has 136 valence electrons. The quantitative estimate of drug-likeness (QED) is 0.501. The number of carbonyl (C=O) groups is 1. The third kappa shape index (κ3) is 3.24. The lowest BCUT2D eigenvalue weighted by molar-refractivity contribution is 0.0427. The van der Waals surface area contributed by atoms with Gasteiger partial charge in [-0.3, -0.25) is 0 Å². The first-order valence-corrected chi connectivity index (χ1v) is 8.26. The summed E-state index contributed by atoms with van der Waals surface area (Å²) in [5.74, 6) is 0.544. The minimum Gasteiger partial charge on any atom is -0.451 e. The van der Waals surface area contributed by atoms with E-state index in [1.165, 1.54) is 0 Å². The molecule has 0 atom stereocenters. The van der Waals surface area contributed by atoms with E-state index in [1.54, 1.807) is 36.9 Å². The summed E-state index contributed by atoms with van der Waals surface area (Å²) in [5.41, 5.74) is 2.55. The van der Waals surface area contributed by atoms with Crippen molar-refractivity contribution in [3.05, 3.63) is 66.0 Å². The second-order valence-corrected chi connectivity index (χ2v) is 5.91. The average Bonchev–Trinajstić information content (AvgIpc) is 3.40. The highest BCUT2D eigenvalue weighted by Gasteiger charge is 2.22. The van der Waals surface area contributed by atoms with Crippen LogP contribution in [0.1, 0.15) is 22.1 Å². The van der Waals surface area contributed by atoms with Crippen molar-refractivity contribution in [1.29, 1.82) is 0 Å². The van der Waals surface area contributed by atoms with Crippen molar-refractivity contribution in [2.45, 2.75) is 13.5 Å². The Morgan fingerprint density at radius 2 is 1.96 bits per heavy atom. The van der Waals surface area contributed by atoms with Gasteiger partial charge in [0.1, 0.15) is 22.7 Å². The van der Waals surface area contributed by atoms with Crippen LogP contribution in [-0.2, 0) is 18.4 Å². The topological polar surface area (TPSA) is 96.2 Å². The molecule has 4 aromatic rings. The highest BCUT2D eigenvalue weighted by Crippen LogP contribution is 2.33. The van der Waals surface area contributed by atoms with E-state index in [2.05, 4.69) is 15.4 Å². The van der Waals surface area contributed by atoms with Crippen molar-refractivity contribution < 1.29 is 18.5 Å². The van der Waals surface area contributed by atoms with Crippen LogP contribution in [0.15, 0.2) is 57.6 Å². The molecule has 0 aliphatic heterocycles. The normalized spacial score (nSPS) is 10.9. The van der Waals surface area contributed by atoms with E-state index in [0.29, 0.717) is 22.7 Å². The van der Waals surface area contributed by atoms with Crippen LogP contribution < -0.4 is 0 Å². The number of nitrogens with zero attached hydrogens (tertiary/aromatic N) is 4. The lowest BCUT2D eigenvalue weighted by Crippen LogP contribution is -2.09. The molecule has 0 unspecified atom stereocenters. The maximum absolute atomic E-state index is 12.1. The van der Waals surface area contributed by atoms with Crippen LogP contribution in [0.2, 0.25) is 0 Å². The summed E-state index contributed by atoms with van der Waals surface area (Å²) in [7, 11) is 1.77. The molecule has 8 nitrogen and oxygen atoms in total. The van der Waals surface area contributed by atoms with Crippen molar-refractivity contribution in [2.75, 3.05) is 0 Å². The average molecular weight is 364 g/mol. The van der Waals surface area contributed by atoms with Gasteiger partial charge in [-0.2, -0.15) is 0 Å². The minimum absolute atomic E-state index is 0.123. The predicted octanol–water partition coefficient (Wildman–Crippen LogP) is 3.40.